The Morgan fingerprint density at radius 3 is 1.93 bits per heavy atom. The van der Waals surface area contributed by atoms with Gasteiger partial charge >= 0.3 is 0 Å². The van der Waals surface area contributed by atoms with Gasteiger partial charge in [-0.25, -0.2) is 17.2 Å². The third-order valence-electron chi connectivity index (χ3n) is 7.92. The van der Waals surface area contributed by atoms with Gasteiger partial charge < -0.3 is 4.84 Å². The molecule has 6 nitrogen and oxygen atoms in total. The second kappa shape index (κ2) is 14.1. The zero-order valence-electron chi connectivity index (χ0n) is 23.9. The lowest BCUT2D eigenvalue weighted by atomic mass is 9.90. The predicted octanol–water partition coefficient (Wildman–Crippen LogP) is 5.94. The number of likely N-dealkylation sites (tertiary alicyclic amines) is 1. The Labute approximate surface area is 266 Å². The van der Waals surface area contributed by atoms with Crippen molar-refractivity contribution in [3.63, 3.8) is 0 Å². The fraction of sp³-hybridized carbons (Fsp3) is 0.419. The van der Waals surface area contributed by atoms with Crippen LogP contribution >= 0.6 is 35.0 Å². The minimum Gasteiger partial charge on any atom is -0.302 e. The molecule has 0 radical (unpaired) electrons. The average Bonchev–Trinajstić information content (AvgIpc) is 2.93. The van der Waals surface area contributed by atoms with E-state index in [2.05, 4.69) is 9.80 Å². The highest BCUT2D eigenvalue weighted by Crippen LogP contribution is 2.44. The van der Waals surface area contributed by atoms with Crippen LogP contribution in [0.3, 0.4) is 0 Å². The van der Waals surface area contributed by atoms with Crippen LogP contribution in [0.4, 0.5) is 8.78 Å². The van der Waals surface area contributed by atoms with Crippen molar-refractivity contribution < 1.29 is 22.0 Å². The van der Waals surface area contributed by atoms with E-state index in [9.17, 15) is 17.2 Å². The number of hydrogen-bond donors (Lipinski definition) is 0. The van der Waals surface area contributed by atoms with Gasteiger partial charge in [-0.05, 0) is 53.1 Å². The lowest BCUT2D eigenvalue weighted by Crippen LogP contribution is -2.64. The maximum Gasteiger partial charge on any atom is 0.155 e. The van der Waals surface area contributed by atoms with Crippen LogP contribution in [0.5, 0.6) is 0 Å². The molecule has 0 aliphatic carbocycles. The van der Waals surface area contributed by atoms with Crippen molar-refractivity contribution in [3.05, 3.63) is 105 Å². The lowest BCUT2D eigenvalue weighted by Gasteiger charge is -2.53. The second-order valence-electron chi connectivity index (χ2n) is 11.2. The number of hydrogen-bond acceptors (Lipinski definition) is 7. The largest absolute Gasteiger partial charge is 0.302 e. The van der Waals surface area contributed by atoms with Gasteiger partial charge in [0.15, 0.2) is 9.84 Å². The second-order valence-corrected chi connectivity index (χ2v) is 15.7. The van der Waals surface area contributed by atoms with Crippen LogP contribution in [0, 0.1) is 11.6 Å². The van der Waals surface area contributed by atoms with E-state index in [1.165, 1.54) is 0 Å². The molecule has 2 aliphatic rings. The molecule has 2 fully saturated rings. The molecule has 2 aliphatic heterocycles. The van der Waals surface area contributed by atoms with Crippen molar-refractivity contribution in [2.75, 3.05) is 64.4 Å². The fourth-order valence-electron chi connectivity index (χ4n) is 5.93. The molecule has 0 N–H and O–H groups in total. The molecule has 12 heteroatoms. The van der Waals surface area contributed by atoms with E-state index in [0.717, 1.165) is 67.8 Å². The first-order valence-corrected chi connectivity index (χ1v) is 17.7. The molecule has 0 amide bonds. The summed E-state index contributed by atoms with van der Waals surface area (Å²) in [5, 5.41) is 3.21. The number of hydroxylamine groups is 2. The van der Waals surface area contributed by atoms with Gasteiger partial charge in [0.2, 0.25) is 0 Å². The Morgan fingerprint density at radius 1 is 0.884 bits per heavy atom. The van der Waals surface area contributed by atoms with Gasteiger partial charge in [0.1, 0.15) is 11.6 Å². The lowest BCUT2D eigenvalue weighted by molar-refractivity contribution is -0.151. The summed E-state index contributed by atoms with van der Waals surface area (Å²) in [6.07, 6.45) is 0. The van der Waals surface area contributed by atoms with Crippen molar-refractivity contribution >= 4 is 44.8 Å². The van der Waals surface area contributed by atoms with Crippen molar-refractivity contribution in [3.8, 4) is 0 Å². The zero-order valence-corrected chi connectivity index (χ0v) is 27.0. The molecule has 3 aromatic rings. The van der Waals surface area contributed by atoms with E-state index in [1.54, 1.807) is 18.9 Å². The normalized spacial score (nSPS) is 18.2. The molecular weight excluding hydrogens is 635 g/mol. The van der Waals surface area contributed by atoms with E-state index >= 15 is 0 Å². The van der Waals surface area contributed by atoms with Crippen LogP contribution in [-0.4, -0.2) is 92.5 Å². The third kappa shape index (κ3) is 8.70. The summed E-state index contributed by atoms with van der Waals surface area (Å²) in [4.78, 5) is 9.96. The topological polar surface area (TPSA) is 53.1 Å². The SMILES string of the molecule is CON1CCN(CCSC2(CS(=O)(=O)Cc3cc(F)cc(F)c3)CN(C(c3ccc(Cl)cc3)c3ccc(Cl)cc3)C2)CC1. The van der Waals surface area contributed by atoms with Gasteiger partial charge in [0, 0.05) is 67.7 Å². The number of rotatable bonds is 12. The smallest absolute Gasteiger partial charge is 0.155 e. The standard InChI is InChI=1S/C31H35Cl2F2N3O3S2/c1-41-38-12-10-36(11-13-38)14-15-42-31(22-43(39,40)19-23-16-28(34)18-29(35)17-23)20-37(21-31)30(24-2-6-26(32)7-3-24)25-4-8-27(33)9-5-25/h2-9,16-18,30H,10-15,19-22H2,1H3. The highest BCUT2D eigenvalue weighted by atomic mass is 35.5. The summed E-state index contributed by atoms with van der Waals surface area (Å²) < 4.78 is 54.2. The molecule has 0 spiro atoms. The van der Waals surface area contributed by atoms with Gasteiger partial charge in [0.25, 0.3) is 0 Å². The summed E-state index contributed by atoms with van der Waals surface area (Å²) in [5.41, 5.74) is 2.20. The van der Waals surface area contributed by atoms with E-state index in [0.29, 0.717) is 23.1 Å². The summed E-state index contributed by atoms with van der Waals surface area (Å²) in [5.74, 6) is -1.32. The quantitative estimate of drug-likeness (QED) is 0.237. The maximum atomic E-state index is 13.8. The number of thioether (sulfide) groups is 1. The number of halogens is 4. The van der Waals surface area contributed by atoms with Crippen molar-refractivity contribution in [1.82, 2.24) is 14.9 Å². The first-order chi connectivity index (χ1) is 20.5. The monoisotopic (exact) mass is 669 g/mol. The highest BCUT2D eigenvalue weighted by molar-refractivity contribution is 8.02. The van der Waals surface area contributed by atoms with Crippen molar-refractivity contribution in [2.45, 2.75) is 16.5 Å². The molecule has 5 rings (SSSR count). The molecule has 2 heterocycles. The van der Waals surface area contributed by atoms with E-state index in [-0.39, 0.29) is 17.4 Å². The Morgan fingerprint density at radius 2 is 1.42 bits per heavy atom. The molecule has 0 aromatic heterocycles. The number of piperazine rings is 1. The van der Waals surface area contributed by atoms with Gasteiger partial charge in [0.05, 0.1) is 29.4 Å². The molecule has 0 unspecified atom stereocenters. The minimum absolute atomic E-state index is 0.0926. The third-order valence-corrected chi connectivity index (χ3v) is 11.8. The van der Waals surface area contributed by atoms with Crippen LogP contribution in [0.25, 0.3) is 0 Å². The Kier molecular flexibility index (Phi) is 10.7. The maximum absolute atomic E-state index is 13.8. The summed E-state index contributed by atoms with van der Waals surface area (Å²) >= 11 is 14.1. The Balaban J connectivity index is 1.35. The van der Waals surface area contributed by atoms with E-state index < -0.39 is 32.0 Å². The number of nitrogens with zero attached hydrogens (tertiary/aromatic N) is 3. The van der Waals surface area contributed by atoms with Gasteiger partial charge in [-0.1, -0.05) is 47.5 Å². The number of benzene rings is 3. The summed E-state index contributed by atoms with van der Waals surface area (Å²) in [7, 11) is -2.02. The summed E-state index contributed by atoms with van der Waals surface area (Å²) in [6.45, 7) is 5.30. The fourth-order valence-corrected chi connectivity index (χ4v) is 10.1. The van der Waals surface area contributed by atoms with Crippen molar-refractivity contribution in [2.24, 2.45) is 0 Å². The minimum atomic E-state index is -3.69. The zero-order chi connectivity index (χ0) is 30.6. The Bertz CT molecular complexity index is 1420. The van der Waals surface area contributed by atoms with Crippen LogP contribution in [-0.2, 0) is 20.4 Å². The van der Waals surface area contributed by atoms with Crippen molar-refractivity contribution in [1.29, 1.82) is 0 Å². The highest BCUT2D eigenvalue weighted by Gasteiger charge is 2.49. The molecule has 43 heavy (non-hydrogen) atoms. The van der Waals surface area contributed by atoms with Gasteiger partial charge in [-0.3, -0.25) is 9.80 Å². The molecular formula is C31H35Cl2F2N3O3S2. The van der Waals surface area contributed by atoms with E-state index in [1.807, 2.05) is 53.6 Å². The van der Waals surface area contributed by atoms with Crippen LogP contribution < -0.4 is 0 Å². The molecule has 3 aromatic carbocycles. The van der Waals surface area contributed by atoms with Gasteiger partial charge in [-0.2, -0.15) is 16.8 Å². The molecule has 0 atom stereocenters. The van der Waals surface area contributed by atoms with E-state index in [4.69, 9.17) is 28.0 Å². The summed E-state index contributed by atoms with van der Waals surface area (Å²) in [6, 6.07) is 18.2. The molecule has 232 valence electrons. The van der Waals surface area contributed by atoms with Crippen LogP contribution in [0.2, 0.25) is 10.0 Å². The number of sulfone groups is 1. The molecule has 0 bridgehead atoms. The molecule has 0 saturated carbocycles. The van der Waals surface area contributed by atoms with Crippen LogP contribution in [0.15, 0.2) is 66.7 Å². The first-order valence-electron chi connectivity index (χ1n) is 14.1. The van der Waals surface area contributed by atoms with Gasteiger partial charge in [-0.15, -0.1) is 0 Å². The van der Waals surface area contributed by atoms with Crippen LogP contribution in [0.1, 0.15) is 22.7 Å². The average molecular weight is 671 g/mol. The predicted molar refractivity (Wildman–Crippen MR) is 170 cm³/mol. The first kappa shape index (κ1) is 32.6. The molecule has 2 saturated heterocycles. The Hall–Kier alpha value is -1.76.